The van der Waals surface area contributed by atoms with Gasteiger partial charge in [0.2, 0.25) is 5.88 Å². The van der Waals surface area contributed by atoms with Gasteiger partial charge in [-0.05, 0) is 0 Å². The van der Waals surface area contributed by atoms with Crippen molar-refractivity contribution >= 4 is 11.8 Å². The minimum atomic E-state index is 0.00523. The first-order chi connectivity index (χ1) is 5.09. The third-order valence-corrected chi connectivity index (χ3v) is 2.15. The molecule has 1 rings (SSSR count). The van der Waals surface area contributed by atoms with Gasteiger partial charge < -0.3 is 10.2 Å². The Labute approximate surface area is 69.4 Å². The molecule has 0 aliphatic rings. The second-order valence-electron chi connectivity index (χ2n) is 2.53. The largest absolute Gasteiger partial charge is 0.494 e. The van der Waals surface area contributed by atoms with Gasteiger partial charge in [0.15, 0.2) is 5.88 Å². The highest BCUT2D eigenvalue weighted by atomic mass is 32.2. The molecule has 0 amide bonds. The summed E-state index contributed by atoms with van der Waals surface area (Å²) in [6.07, 6.45) is 0. The van der Waals surface area contributed by atoms with Gasteiger partial charge in [-0.15, -0.1) is 11.8 Å². The monoisotopic (exact) mass is 173 g/mol. The van der Waals surface area contributed by atoms with E-state index in [0.29, 0.717) is 10.1 Å². The van der Waals surface area contributed by atoms with Crippen molar-refractivity contribution in [3.8, 4) is 11.8 Å². The molecule has 0 saturated carbocycles. The highest BCUT2D eigenvalue weighted by Crippen LogP contribution is 2.33. The molecule has 0 spiro atoms. The Hall–Kier alpha value is -0.770. The lowest BCUT2D eigenvalue weighted by Crippen LogP contribution is -1.83. The Kier molecular flexibility index (Phi) is 2.34. The van der Waals surface area contributed by atoms with E-state index in [-0.39, 0.29) is 11.8 Å². The van der Waals surface area contributed by atoms with Crippen molar-refractivity contribution in [1.82, 2.24) is 4.98 Å². The molecule has 0 bridgehead atoms. The molecule has 0 fully saturated rings. The Balaban J connectivity index is 2.77. The summed E-state index contributed by atoms with van der Waals surface area (Å²) in [5.41, 5.74) is 0. The maximum Gasteiger partial charge on any atom is 0.205 e. The molecule has 4 heteroatoms. The summed E-state index contributed by atoms with van der Waals surface area (Å²) in [5, 5.41) is 18.5. The lowest BCUT2D eigenvalue weighted by molar-refractivity contribution is 0.421. The number of aromatic nitrogens is 1. The number of H-pyrrole nitrogens is 1. The summed E-state index contributed by atoms with van der Waals surface area (Å²) in [6.45, 7) is 4.04. The number of aromatic amines is 1. The molecular weight excluding hydrogens is 162 g/mol. The second-order valence-corrected chi connectivity index (χ2v) is 4.15. The Morgan fingerprint density at radius 1 is 1.45 bits per heavy atom. The molecule has 0 atom stereocenters. The zero-order chi connectivity index (χ0) is 8.43. The predicted octanol–water partition coefficient (Wildman–Crippen LogP) is 1.93. The van der Waals surface area contributed by atoms with E-state index in [4.69, 9.17) is 10.2 Å². The van der Waals surface area contributed by atoms with Crippen LogP contribution in [0.1, 0.15) is 13.8 Å². The van der Waals surface area contributed by atoms with Crippen LogP contribution in [-0.2, 0) is 0 Å². The number of hydrogen-bond donors (Lipinski definition) is 3. The van der Waals surface area contributed by atoms with Crippen LogP contribution in [0.15, 0.2) is 11.0 Å². The van der Waals surface area contributed by atoms with Gasteiger partial charge in [-0.3, -0.25) is 4.98 Å². The van der Waals surface area contributed by atoms with E-state index in [1.165, 1.54) is 17.8 Å². The Morgan fingerprint density at radius 2 is 2.09 bits per heavy atom. The van der Waals surface area contributed by atoms with E-state index in [9.17, 15) is 0 Å². The lowest BCUT2D eigenvalue weighted by Gasteiger charge is -2.00. The number of aromatic hydroxyl groups is 2. The summed E-state index contributed by atoms with van der Waals surface area (Å²) in [5.74, 6) is 0.0480. The van der Waals surface area contributed by atoms with E-state index >= 15 is 0 Å². The fraction of sp³-hybridized carbons (Fsp3) is 0.429. The topological polar surface area (TPSA) is 56.2 Å². The van der Waals surface area contributed by atoms with Crippen molar-refractivity contribution in [1.29, 1.82) is 0 Å². The highest BCUT2D eigenvalue weighted by molar-refractivity contribution is 8.00. The van der Waals surface area contributed by atoms with Crippen LogP contribution in [-0.4, -0.2) is 20.4 Å². The number of rotatable bonds is 2. The van der Waals surface area contributed by atoms with Crippen molar-refractivity contribution in [3.63, 3.8) is 0 Å². The summed E-state index contributed by atoms with van der Waals surface area (Å²) in [4.78, 5) is 3.10. The van der Waals surface area contributed by atoms with Gasteiger partial charge in [0.25, 0.3) is 0 Å². The van der Waals surface area contributed by atoms with E-state index in [1.807, 2.05) is 13.8 Å². The van der Waals surface area contributed by atoms with Crippen molar-refractivity contribution in [2.75, 3.05) is 0 Å². The molecule has 0 unspecified atom stereocenters. The molecular formula is C7H11NO2S. The van der Waals surface area contributed by atoms with Crippen LogP contribution in [0, 0.1) is 0 Å². The van der Waals surface area contributed by atoms with Crippen LogP contribution >= 0.6 is 11.8 Å². The highest BCUT2D eigenvalue weighted by Gasteiger charge is 2.07. The molecule has 0 saturated heterocycles. The molecule has 1 aromatic heterocycles. The first-order valence-electron chi connectivity index (χ1n) is 3.37. The van der Waals surface area contributed by atoms with Gasteiger partial charge in [-0.2, -0.15) is 0 Å². The summed E-state index contributed by atoms with van der Waals surface area (Å²) in [6, 6.07) is 1.51. The SMILES string of the molecule is CC(C)Sc1cc(O)[nH]c1O. The van der Waals surface area contributed by atoms with Gasteiger partial charge in [-0.1, -0.05) is 13.8 Å². The molecule has 3 nitrogen and oxygen atoms in total. The summed E-state index contributed by atoms with van der Waals surface area (Å²) < 4.78 is 0. The standard InChI is InChI=1S/C7H11NO2S/c1-4(2)11-5-3-6(9)8-7(5)10/h3-4,8-10H,1-2H3. The van der Waals surface area contributed by atoms with Crippen LogP contribution in [0.3, 0.4) is 0 Å². The molecule has 3 N–H and O–H groups in total. The molecule has 1 aromatic rings. The summed E-state index contributed by atoms with van der Waals surface area (Å²) >= 11 is 1.50. The van der Waals surface area contributed by atoms with Gasteiger partial charge in [-0.25, -0.2) is 0 Å². The molecule has 0 aliphatic carbocycles. The molecule has 1 heterocycles. The van der Waals surface area contributed by atoms with Gasteiger partial charge in [0.1, 0.15) is 0 Å². The number of hydrogen-bond acceptors (Lipinski definition) is 3. The van der Waals surface area contributed by atoms with Crippen LogP contribution in [0.2, 0.25) is 0 Å². The number of thioether (sulfide) groups is 1. The van der Waals surface area contributed by atoms with Gasteiger partial charge in [0.05, 0.1) is 4.90 Å². The summed E-state index contributed by atoms with van der Waals surface area (Å²) in [7, 11) is 0. The molecule has 62 valence electrons. The van der Waals surface area contributed by atoms with Crippen LogP contribution < -0.4 is 0 Å². The minimum absolute atomic E-state index is 0.00523. The van der Waals surface area contributed by atoms with E-state index in [1.54, 1.807) is 0 Å². The third-order valence-electron chi connectivity index (χ3n) is 1.11. The predicted molar refractivity (Wildman–Crippen MR) is 45.1 cm³/mol. The fourth-order valence-electron chi connectivity index (χ4n) is 0.755. The minimum Gasteiger partial charge on any atom is -0.494 e. The molecule has 0 aromatic carbocycles. The molecule has 11 heavy (non-hydrogen) atoms. The quantitative estimate of drug-likeness (QED) is 0.599. The van der Waals surface area contributed by atoms with Gasteiger partial charge in [0, 0.05) is 11.3 Å². The Morgan fingerprint density at radius 3 is 2.45 bits per heavy atom. The maximum absolute atomic E-state index is 9.14. The second kappa shape index (κ2) is 3.09. The maximum atomic E-state index is 9.14. The first kappa shape index (κ1) is 8.33. The number of nitrogens with one attached hydrogen (secondary N) is 1. The lowest BCUT2D eigenvalue weighted by atomic mass is 10.6. The van der Waals surface area contributed by atoms with Crippen molar-refractivity contribution in [2.45, 2.75) is 24.0 Å². The molecule has 0 radical (unpaired) electrons. The van der Waals surface area contributed by atoms with Crippen LogP contribution in [0.5, 0.6) is 11.8 Å². The van der Waals surface area contributed by atoms with E-state index in [2.05, 4.69) is 4.98 Å². The van der Waals surface area contributed by atoms with Crippen molar-refractivity contribution in [3.05, 3.63) is 6.07 Å². The van der Waals surface area contributed by atoms with Crippen LogP contribution in [0.25, 0.3) is 0 Å². The van der Waals surface area contributed by atoms with Crippen molar-refractivity contribution in [2.24, 2.45) is 0 Å². The van der Waals surface area contributed by atoms with E-state index in [0.717, 1.165) is 0 Å². The third kappa shape index (κ3) is 2.08. The van der Waals surface area contributed by atoms with E-state index < -0.39 is 0 Å². The molecule has 0 aliphatic heterocycles. The fourth-order valence-corrected chi connectivity index (χ4v) is 1.61. The average molecular weight is 173 g/mol. The first-order valence-corrected chi connectivity index (χ1v) is 4.25. The zero-order valence-corrected chi connectivity index (χ0v) is 7.27. The van der Waals surface area contributed by atoms with Crippen molar-refractivity contribution < 1.29 is 10.2 Å². The van der Waals surface area contributed by atoms with Crippen LogP contribution in [0.4, 0.5) is 0 Å². The zero-order valence-electron chi connectivity index (χ0n) is 6.46. The normalized spacial score (nSPS) is 10.8. The Bertz CT molecular complexity index is 245. The van der Waals surface area contributed by atoms with Gasteiger partial charge >= 0.3 is 0 Å². The average Bonchev–Trinajstić information content (AvgIpc) is 2.09. The smallest absolute Gasteiger partial charge is 0.205 e.